The highest BCUT2D eigenvalue weighted by molar-refractivity contribution is 5.81. The number of phenolic OH excluding ortho intramolecular Hbond substituents is 1. The number of nitrogens with one attached hydrogen (secondary N) is 1. The third kappa shape index (κ3) is 3.45. The molecule has 0 spiro atoms. The van der Waals surface area contributed by atoms with E-state index in [2.05, 4.69) is 10.5 Å². The molecule has 19 heavy (non-hydrogen) atoms. The Morgan fingerprint density at radius 2 is 1.95 bits per heavy atom. The first-order chi connectivity index (χ1) is 9.19. The number of hydrogen-bond acceptors (Lipinski definition) is 4. The van der Waals surface area contributed by atoms with Crippen LogP contribution in [0, 0.1) is 5.82 Å². The summed E-state index contributed by atoms with van der Waals surface area (Å²) in [6, 6.07) is 10.8. The number of nitrogens with zero attached hydrogens (tertiary/aromatic N) is 1. The predicted molar refractivity (Wildman–Crippen MR) is 72.3 cm³/mol. The molecule has 0 saturated heterocycles. The number of hydrazone groups is 1. The summed E-state index contributed by atoms with van der Waals surface area (Å²) in [7, 11) is 1.49. The highest BCUT2D eigenvalue weighted by Gasteiger charge is 2.00. The van der Waals surface area contributed by atoms with Gasteiger partial charge >= 0.3 is 0 Å². The van der Waals surface area contributed by atoms with Gasteiger partial charge in [0.2, 0.25) is 0 Å². The second-order valence-electron chi connectivity index (χ2n) is 3.81. The molecule has 0 aromatic heterocycles. The van der Waals surface area contributed by atoms with E-state index in [-0.39, 0.29) is 11.6 Å². The average Bonchev–Trinajstić information content (AvgIpc) is 2.41. The van der Waals surface area contributed by atoms with E-state index in [0.29, 0.717) is 17.0 Å². The fourth-order valence-corrected chi connectivity index (χ4v) is 1.49. The molecule has 0 aliphatic rings. The lowest BCUT2D eigenvalue weighted by molar-refractivity contribution is 0.373. The van der Waals surface area contributed by atoms with E-state index in [4.69, 9.17) is 4.74 Å². The summed E-state index contributed by atoms with van der Waals surface area (Å²) in [5.74, 6) is 0.159. The maximum atomic E-state index is 12.7. The fraction of sp³-hybridized carbons (Fsp3) is 0.0714. The van der Waals surface area contributed by atoms with Crippen LogP contribution in [0.15, 0.2) is 47.6 Å². The van der Waals surface area contributed by atoms with Gasteiger partial charge in [-0.1, -0.05) is 0 Å². The van der Waals surface area contributed by atoms with Crippen LogP contribution in [0.25, 0.3) is 0 Å². The summed E-state index contributed by atoms with van der Waals surface area (Å²) < 4.78 is 17.6. The average molecular weight is 260 g/mol. The van der Waals surface area contributed by atoms with Crippen molar-refractivity contribution in [3.8, 4) is 11.5 Å². The lowest BCUT2D eigenvalue weighted by atomic mass is 10.2. The topological polar surface area (TPSA) is 53.8 Å². The lowest BCUT2D eigenvalue weighted by Crippen LogP contribution is -1.91. The number of rotatable bonds is 4. The largest absolute Gasteiger partial charge is 0.504 e. The second kappa shape index (κ2) is 5.86. The van der Waals surface area contributed by atoms with Crippen molar-refractivity contribution in [1.82, 2.24) is 0 Å². The number of ether oxygens (including phenoxy) is 1. The van der Waals surface area contributed by atoms with Crippen LogP contribution in [-0.4, -0.2) is 18.4 Å². The van der Waals surface area contributed by atoms with Gasteiger partial charge in [0.05, 0.1) is 19.0 Å². The molecular formula is C14H13FN2O2. The van der Waals surface area contributed by atoms with E-state index in [9.17, 15) is 9.50 Å². The Labute approximate surface area is 110 Å². The Morgan fingerprint density at radius 1 is 1.21 bits per heavy atom. The SMILES string of the molecule is COc1ccc(/C=N\Nc2ccc(F)cc2)cc1O. The van der Waals surface area contributed by atoms with Crippen molar-refractivity contribution in [2.24, 2.45) is 5.10 Å². The standard InChI is InChI=1S/C14H13FN2O2/c1-19-14-7-2-10(8-13(14)18)9-16-17-12-5-3-11(15)4-6-12/h2-9,17-18H,1H3/b16-9-. The molecule has 0 unspecified atom stereocenters. The van der Waals surface area contributed by atoms with Gasteiger partial charge < -0.3 is 9.84 Å². The van der Waals surface area contributed by atoms with Crippen LogP contribution in [0.5, 0.6) is 11.5 Å². The van der Waals surface area contributed by atoms with Gasteiger partial charge in [-0.05, 0) is 48.0 Å². The van der Waals surface area contributed by atoms with Crippen molar-refractivity contribution in [2.45, 2.75) is 0 Å². The molecule has 98 valence electrons. The Hall–Kier alpha value is -2.56. The number of halogens is 1. The van der Waals surface area contributed by atoms with Gasteiger partial charge in [0, 0.05) is 0 Å². The van der Waals surface area contributed by atoms with Crippen LogP contribution >= 0.6 is 0 Å². The summed E-state index contributed by atoms with van der Waals surface area (Å²) in [5, 5.41) is 13.6. The molecule has 2 aromatic carbocycles. The Kier molecular flexibility index (Phi) is 3.97. The molecule has 0 heterocycles. The van der Waals surface area contributed by atoms with Crippen LogP contribution < -0.4 is 10.2 Å². The molecule has 0 fully saturated rings. The smallest absolute Gasteiger partial charge is 0.160 e. The first kappa shape index (κ1) is 12.9. The predicted octanol–water partition coefficient (Wildman–Crippen LogP) is 2.99. The van der Waals surface area contributed by atoms with Gasteiger partial charge in [-0.15, -0.1) is 0 Å². The minimum absolute atomic E-state index is 0.0493. The van der Waals surface area contributed by atoms with Crippen molar-refractivity contribution >= 4 is 11.9 Å². The van der Waals surface area contributed by atoms with Crippen LogP contribution in [0.2, 0.25) is 0 Å². The Morgan fingerprint density at radius 3 is 2.58 bits per heavy atom. The van der Waals surface area contributed by atoms with Crippen LogP contribution in [0.1, 0.15) is 5.56 Å². The summed E-state index contributed by atoms with van der Waals surface area (Å²) in [6.45, 7) is 0. The van der Waals surface area contributed by atoms with Gasteiger partial charge in [-0.2, -0.15) is 5.10 Å². The summed E-state index contributed by atoms with van der Waals surface area (Å²) in [4.78, 5) is 0. The number of benzene rings is 2. The van der Waals surface area contributed by atoms with Crippen molar-refractivity contribution in [3.63, 3.8) is 0 Å². The van der Waals surface area contributed by atoms with Gasteiger partial charge in [-0.25, -0.2) is 4.39 Å². The summed E-state index contributed by atoms with van der Waals surface area (Å²) in [6.07, 6.45) is 1.54. The molecule has 2 N–H and O–H groups in total. The Bertz CT molecular complexity index is 582. The van der Waals surface area contributed by atoms with Gasteiger partial charge in [-0.3, -0.25) is 5.43 Å². The van der Waals surface area contributed by atoms with E-state index < -0.39 is 0 Å². The van der Waals surface area contributed by atoms with E-state index in [1.54, 1.807) is 30.5 Å². The lowest BCUT2D eigenvalue weighted by Gasteiger charge is -2.03. The Balaban J connectivity index is 2.02. The molecule has 2 rings (SSSR count). The number of aromatic hydroxyl groups is 1. The van der Waals surface area contributed by atoms with E-state index >= 15 is 0 Å². The number of phenols is 1. The first-order valence-corrected chi connectivity index (χ1v) is 5.60. The molecular weight excluding hydrogens is 247 g/mol. The van der Waals surface area contributed by atoms with Crippen LogP contribution in [-0.2, 0) is 0 Å². The summed E-state index contributed by atoms with van der Waals surface area (Å²) in [5.41, 5.74) is 4.15. The third-order valence-corrected chi connectivity index (χ3v) is 2.45. The van der Waals surface area contributed by atoms with E-state index in [1.807, 2.05) is 0 Å². The van der Waals surface area contributed by atoms with Crippen LogP contribution in [0.3, 0.4) is 0 Å². The minimum Gasteiger partial charge on any atom is -0.504 e. The second-order valence-corrected chi connectivity index (χ2v) is 3.81. The molecule has 0 aliphatic carbocycles. The highest BCUT2D eigenvalue weighted by atomic mass is 19.1. The third-order valence-electron chi connectivity index (χ3n) is 2.45. The maximum absolute atomic E-state index is 12.7. The quantitative estimate of drug-likeness (QED) is 0.656. The van der Waals surface area contributed by atoms with Gasteiger partial charge in [0.15, 0.2) is 11.5 Å². The minimum atomic E-state index is -0.297. The monoisotopic (exact) mass is 260 g/mol. The molecule has 0 atom stereocenters. The van der Waals surface area contributed by atoms with Crippen LogP contribution in [0.4, 0.5) is 10.1 Å². The van der Waals surface area contributed by atoms with Crippen molar-refractivity contribution in [3.05, 3.63) is 53.8 Å². The molecule has 0 saturated carbocycles. The molecule has 5 heteroatoms. The normalized spacial score (nSPS) is 10.6. The number of anilines is 1. The molecule has 2 aromatic rings. The molecule has 0 aliphatic heterocycles. The fourth-order valence-electron chi connectivity index (χ4n) is 1.49. The molecule has 0 amide bonds. The number of hydrogen-bond donors (Lipinski definition) is 2. The van der Waals surface area contributed by atoms with Crippen molar-refractivity contribution < 1.29 is 14.2 Å². The highest BCUT2D eigenvalue weighted by Crippen LogP contribution is 2.25. The first-order valence-electron chi connectivity index (χ1n) is 5.60. The zero-order valence-electron chi connectivity index (χ0n) is 10.3. The maximum Gasteiger partial charge on any atom is 0.160 e. The van der Waals surface area contributed by atoms with Crippen molar-refractivity contribution in [1.29, 1.82) is 0 Å². The zero-order valence-corrected chi connectivity index (χ0v) is 10.3. The molecule has 0 bridgehead atoms. The number of methoxy groups -OCH3 is 1. The van der Waals surface area contributed by atoms with E-state index in [0.717, 1.165) is 0 Å². The van der Waals surface area contributed by atoms with E-state index in [1.165, 1.54) is 25.3 Å². The molecule has 4 nitrogen and oxygen atoms in total. The summed E-state index contributed by atoms with van der Waals surface area (Å²) >= 11 is 0. The molecule has 0 radical (unpaired) electrons. The van der Waals surface area contributed by atoms with Gasteiger partial charge in [0.25, 0.3) is 0 Å². The van der Waals surface area contributed by atoms with Gasteiger partial charge in [0.1, 0.15) is 5.82 Å². The zero-order chi connectivity index (χ0) is 13.7. The van der Waals surface area contributed by atoms with Crippen molar-refractivity contribution in [2.75, 3.05) is 12.5 Å².